The highest BCUT2D eigenvalue weighted by molar-refractivity contribution is 5.39. The Morgan fingerprint density at radius 3 is 3.12 bits per heavy atom. The van der Waals surface area contributed by atoms with E-state index in [1.807, 2.05) is 18.2 Å². The van der Waals surface area contributed by atoms with E-state index in [0.717, 1.165) is 37.0 Å². The Labute approximate surface area is 102 Å². The molecule has 0 aromatic heterocycles. The molecule has 0 saturated carbocycles. The lowest BCUT2D eigenvalue weighted by Crippen LogP contribution is -1.98. The smallest absolute Gasteiger partial charge is 0.119 e. The first-order valence-electron chi connectivity index (χ1n) is 6.12. The zero-order chi connectivity index (χ0) is 12.1. The molecule has 0 spiro atoms. The van der Waals surface area contributed by atoms with Crippen LogP contribution < -0.4 is 4.74 Å². The fraction of sp³-hybridized carbons (Fsp3) is 0.500. The van der Waals surface area contributed by atoms with Gasteiger partial charge in [0, 0.05) is 6.42 Å². The van der Waals surface area contributed by atoms with Crippen LogP contribution in [0.2, 0.25) is 0 Å². The van der Waals surface area contributed by atoms with Crippen LogP contribution in [0.25, 0.3) is 0 Å². The molecular formula is C14H17NO2. The van der Waals surface area contributed by atoms with Crippen LogP contribution in [0.5, 0.6) is 5.75 Å². The molecule has 0 saturated heterocycles. The Kier molecular flexibility index (Phi) is 4.00. The van der Waals surface area contributed by atoms with Crippen LogP contribution in [0.4, 0.5) is 0 Å². The largest absolute Gasteiger partial charge is 0.494 e. The second-order valence-electron chi connectivity index (χ2n) is 4.38. The quantitative estimate of drug-likeness (QED) is 0.793. The van der Waals surface area contributed by atoms with Crippen LogP contribution in [0, 0.1) is 11.3 Å². The Morgan fingerprint density at radius 1 is 1.41 bits per heavy atom. The van der Waals surface area contributed by atoms with E-state index in [9.17, 15) is 5.11 Å². The van der Waals surface area contributed by atoms with Gasteiger partial charge in [0.1, 0.15) is 5.75 Å². The average Bonchev–Trinajstić information content (AvgIpc) is 2.71. The first-order chi connectivity index (χ1) is 8.31. The molecule has 1 aliphatic rings. The summed E-state index contributed by atoms with van der Waals surface area (Å²) in [5.41, 5.74) is 2.24. The summed E-state index contributed by atoms with van der Waals surface area (Å²) < 4.78 is 5.62. The number of ether oxygens (including phenoxy) is 1. The number of nitriles is 1. The van der Waals surface area contributed by atoms with E-state index in [-0.39, 0.29) is 6.10 Å². The molecule has 0 radical (unpaired) electrons. The highest BCUT2D eigenvalue weighted by atomic mass is 16.5. The van der Waals surface area contributed by atoms with Crippen molar-refractivity contribution in [3.05, 3.63) is 29.3 Å². The summed E-state index contributed by atoms with van der Waals surface area (Å²) in [7, 11) is 0. The third-order valence-corrected chi connectivity index (χ3v) is 3.11. The van der Waals surface area contributed by atoms with Gasteiger partial charge in [-0.2, -0.15) is 5.26 Å². The lowest BCUT2D eigenvalue weighted by molar-refractivity contribution is 0.180. The molecule has 1 aromatic rings. The fourth-order valence-electron chi connectivity index (χ4n) is 2.16. The highest BCUT2D eigenvalue weighted by Gasteiger charge is 2.20. The minimum atomic E-state index is -0.297. The van der Waals surface area contributed by atoms with Gasteiger partial charge in [-0.1, -0.05) is 6.07 Å². The second-order valence-corrected chi connectivity index (χ2v) is 4.38. The van der Waals surface area contributed by atoms with E-state index in [2.05, 4.69) is 6.07 Å². The molecule has 1 aromatic carbocycles. The lowest BCUT2D eigenvalue weighted by atomic mass is 10.1. The number of fused-ring (bicyclic) bond motifs is 1. The molecular weight excluding hydrogens is 214 g/mol. The maximum Gasteiger partial charge on any atom is 0.119 e. The zero-order valence-corrected chi connectivity index (χ0v) is 9.85. The third kappa shape index (κ3) is 2.98. The van der Waals surface area contributed by atoms with E-state index in [0.29, 0.717) is 13.0 Å². The number of aliphatic hydroxyl groups is 1. The monoisotopic (exact) mass is 231 g/mol. The zero-order valence-electron chi connectivity index (χ0n) is 9.85. The van der Waals surface area contributed by atoms with Crippen molar-refractivity contribution >= 4 is 0 Å². The van der Waals surface area contributed by atoms with Crippen molar-refractivity contribution < 1.29 is 9.84 Å². The van der Waals surface area contributed by atoms with E-state index in [1.165, 1.54) is 5.56 Å². The van der Waals surface area contributed by atoms with E-state index in [4.69, 9.17) is 10.00 Å². The molecule has 3 nitrogen and oxygen atoms in total. The van der Waals surface area contributed by atoms with Gasteiger partial charge in [-0.25, -0.2) is 0 Å². The summed E-state index contributed by atoms with van der Waals surface area (Å²) in [6.07, 6.45) is 3.85. The maximum absolute atomic E-state index is 9.67. The summed E-state index contributed by atoms with van der Waals surface area (Å²) in [6.45, 7) is 0.656. The number of hydrogen-bond acceptors (Lipinski definition) is 3. The molecule has 3 heteroatoms. The van der Waals surface area contributed by atoms with Crippen molar-refractivity contribution in [2.24, 2.45) is 0 Å². The molecule has 1 atom stereocenters. The topological polar surface area (TPSA) is 53.2 Å². The second kappa shape index (κ2) is 5.70. The molecule has 2 rings (SSSR count). The Morgan fingerprint density at radius 2 is 2.29 bits per heavy atom. The number of hydrogen-bond donors (Lipinski definition) is 1. The van der Waals surface area contributed by atoms with Gasteiger partial charge in [-0.3, -0.25) is 0 Å². The third-order valence-electron chi connectivity index (χ3n) is 3.11. The molecule has 0 aliphatic heterocycles. The summed E-state index contributed by atoms with van der Waals surface area (Å²) in [5.74, 6) is 0.870. The molecule has 1 aliphatic carbocycles. The van der Waals surface area contributed by atoms with Gasteiger partial charge >= 0.3 is 0 Å². The van der Waals surface area contributed by atoms with Crippen LogP contribution in [0.1, 0.15) is 42.9 Å². The van der Waals surface area contributed by atoms with E-state index in [1.54, 1.807) is 0 Å². The number of benzene rings is 1. The highest BCUT2D eigenvalue weighted by Crippen LogP contribution is 2.33. The Bertz CT molecular complexity index is 423. The molecule has 17 heavy (non-hydrogen) atoms. The molecule has 1 N–H and O–H groups in total. The van der Waals surface area contributed by atoms with Crippen molar-refractivity contribution in [1.29, 1.82) is 5.26 Å². The number of unbranched alkanes of at least 4 members (excludes halogenated alkanes) is 2. The van der Waals surface area contributed by atoms with E-state index < -0.39 is 0 Å². The van der Waals surface area contributed by atoms with Gasteiger partial charge in [0.05, 0.1) is 18.8 Å². The van der Waals surface area contributed by atoms with Crippen LogP contribution >= 0.6 is 0 Å². The lowest BCUT2D eigenvalue weighted by Gasteiger charge is -2.08. The Hall–Kier alpha value is -1.53. The van der Waals surface area contributed by atoms with Gasteiger partial charge in [0.2, 0.25) is 0 Å². The SMILES string of the molecule is N#CCCCCOc1ccc2c(c1)CC[C@@H]2O. The van der Waals surface area contributed by atoms with Gasteiger partial charge in [-0.15, -0.1) is 0 Å². The number of nitrogens with zero attached hydrogens (tertiary/aromatic N) is 1. The Balaban J connectivity index is 1.85. The molecule has 0 heterocycles. The van der Waals surface area contributed by atoms with Crippen molar-refractivity contribution in [3.8, 4) is 11.8 Å². The molecule has 0 bridgehead atoms. The summed E-state index contributed by atoms with van der Waals surface area (Å²) in [5, 5.41) is 18.1. The predicted molar refractivity (Wildman–Crippen MR) is 64.7 cm³/mol. The minimum Gasteiger partial charge on any atom is -0.494 e. The van der Waals surface area contributed by atoms with Crippen molar-refractivity contribution in [3.63, 3.8) is 0 Å². The van der Waals surface area contributed by atoms with Crippen LogP contribution in [0.3, 0.4) is 0 Å². The van der Waals surface area contributed by atoms with Crippen molar-refractivity contribution in [1.82, 2.24) is 0 Å². The van der Waals surface area contributed by atoms with Crippen LogP contribution in [0.15, 0.2) is 18.2 Å². The van der Waals surface area contributed by atoms with Crippen LogP contribution in [-0.2, 0) is 6.42 Å². The first-order valence-corrected chi connectivity index (χ1v) is 6.12. The van der Waals surface area contributed by atoms with Crippen molar-refractivity contribution in [2.45, 2.75) is 38.2 Å². The van der Waals surface area contributed by atoms with Crippen molar-refractivity contribution in [2.75, 3.05) is 6.61 Å². The van der Waals surface area contributed by atoms with Gasteiger partial charge in [-0.05, 0) is 48.9 Å². The standard InChI is InChI=1S/C14H17NO2/c15-8-2-1-3-9-17-12-5-6-13-11(10-12)4-7-14(13)16/h5-6,10,14,16H,1-4,7,9H2/t14-/m0/s1. The van der Waals surface area contributed by atoms with Gasteiger partial charge in [0.15, 0.2) is 0 Å². The molecule has 0 fully saturated rings. The fourth-order valence-corrected chi connectivity index (χ4v) is 2.16. The summed E-state index contributed by atoms with van der Waals surface area (Å²) in [6, 6.07) is 8.02. The normalized spacial score (nSPS) is 17.5. The predicted octanol–water partition coefficient (Wildman–Crippen LogP) is 2.74. The van der Waals surface area contributed by atoms with E-state index >= 15 is 0 Å². The first kappa shape index (κ1) is 11.9. The molecule has 0 unspecified atom stereocenters. The maximum atomic E-state index is 9.67. The number of aliphatic hydroxyl groups excluding tert-OH is 1. The summed E-state index contributed by atoms with van der Waals surface area (Å²) >= 11 is 0. The number of rotatable bonds is 5. The van der Waals surface area contributed by atoms with Gasteiger partial charge in [0.25, 0.3) is 0 Å². The average molecular weight is 231 g/mol. The molecule has 0 amide bonds. The van der Waals surface area contributed by atoms with Gasteiger partial charge < -0.3 is 9.84 Å². The molecule has 90 valence electrons. The summed E-state index contributed by atoms with van der Waals surface area (Å²) in [4.78, 5) is 0. The van der Waals surface area contributed by atoms with Crippen LogP contribution in [-0.4, -0.2) is 11.7 Å². The number of aryl methyl sites for hydroxylation is 1. The minimum absolute atomic E-state index is 0.297.